The molecule has 0 aromatic carbocycles. The second-order valence-corrected chi connectivity index (χ2v) is 6.59. The SMILES string of the molecule is Cc1cc(=O)[nH]c(C2CCCCN2S(C)(=O)=O)n1. The van der Waals surface area contributed by atoms with Crippen LogP contribution >= 0.6 is 0 Å². The molecule has 1 N–H and O–H groups in total. The number of aryl methyl sites for hydroxylation is 1. The fraction of sp³-hybridized carbons (Fsp3) is 0.636. The van der Waals surface area contributed by atoms with Crippen molar-refractivity contribution in [2.24, 2.45) is 0 Å². The molecule has 0 aliphatic carbocycles. The Kier molecular flexibility index (Phi) is 3.54. The van der Waals surface area contributed by atoms with Crippen molar-refractivity contribution >= 4 is 10.0 Å². The smallest absolute Gasteiger partial charge is 0.251 e. The second-order valence-electron chi connectivity index (χ2n) is 4.66. The van der Waals surface area contributed by atoms with Crippen molar-refractivity contribution in [3.63, 3.8) is 0 Å². The maximum Gasteiger partial charge on any atom is 0.251 e. The van der Waals surface area contributed by atoms with Gasteiger partial charge >= 0.3 is 0 Å². The molecule has 0 saturated carbocycles. The second kappa shape index (κ2) is 4.81. The molecule has 1 atom stereocenters. The number of nitrogens with one attached hydrogen (secondary N) is 1. The van der Waals surface area contributed by atoms with E-state index in [1.54, 1.807) is 6.92 Å². The van der Waals surface area contributed by atoms with Gasteiger partial charge in [0.25, 0.3) is 5.56 Å². The summed E-state index contributed by atoms with van der Waals surface area (Å²) in [5.41, 5.74) is 0.365. The molecule has 1 aromatic heterocycles. The summed E-state index contributed by atoms with van der Waals surface area (Å²) in [4.78, 5) is 18.4. The van der Waals surface area contributed by atoms with Crippen LogP contribution in [0.1, 0.15) is 36.8 Å². The lowest BCUT2D eigenvalue weighted by Crippen LogP contribution is -2.39. The van der Waals surface area contributed by atoms with Gasteiger partial charge in [-0.3, -0.25) is 4.79 Å². The van der Waals surface area contributed by atoms with Gasteiger partial charge in [-0.1, -0.05) is 6.42 Å². The highest BCUT2D eigenvalue weighted by Gasteiger charge is 2.32. The van der Waals surface area contributed by atoms with Crippen molar-refractivity contribution < 1.29 is 8.42 Å². The van der Waals surface area contributed by atoms with Gasteiger partial charge in [0.1, 0.15) is 5.82 Å². The Morgan fingerprint density at radius 2 is 2.17 bits per heavy atom. The van der Waals surface area contributed by atoms with Crippen LogP contribution in [0.4, 0.5) is 0 Å². The van der Waals surface area contributed by atoms with Crippen molar-refractivity contribution in [3.05, 3.63) is 27.9 Å². The molecular weight excluding hydrogens is 254 g/mol. The standard InChI is InChI=1S/C11H17N3O3S/c1-8-7-10(15)13-11(12-8)9-5-3-4-6-14(9)18(2,16)17/h7,9H,3-6H2,1-2H3,(H,12,13,15). The first kappa shape index (κ1) is 13.2. The number of nitrogens with zero attached hydrogens (tertiary/aromatic N) is 2. The third kappa shape index (κ3) is 2.78. The number of sulfonamides is 1. The zero-order chi connectivity index (χ0) is 13.3. The topological polar surface area (TPSA) is 83.1 Å². The number of H-pyrrole nitrogens is 1. The summed E-state index contributed by atoms with van der Waals surface area (Å²) in [6.45, 7) is 2.22. The predicted molar refractivity (Wildman–Crippen MR) is 67.7 cm³/mol. The first-order chi connectivity index (χ1) is 8.38. The first-order valence-electron chi connectivity index (χ1n) is 5.92. The molecule has 2 rings (SSSR count). The third-order valence-corrected chi connectivity index (χ3v) is 4.37. The van der Waals surface area contributed by atoms with Crippen LogP contribution in [0, 0.1) is 6.92 Å². The van der Waals surface area contributed by atoms with Crippen molar-refractivity contribution in [2.45, 2.75) is 32.2 Å². The lowest BCUT2D eigenvalue weighted by Gasteiger charge is -2.32. The van der Waals surface area contributed by atoms with Crippen LogP contribution in [0.15, 0.2) is 10.9 Å². The number of rotatable bonds is 2. The third-order valence-electron chi connectivity index (χ3n) is 3.08. The van der Waals surface area contributed by atoms with Gasteiger partial charge in [0.05, 0.1) is 12.3 Å². The molecule has 6 nitrogen and oxygen atoms in total. The van der Waals surface area contributed by atoms with Gasteiger partial charge in [-0.2, -0.15) is 4.31 Å². The lowest BCUT2D eigenvalue weighted by atomic mass is 10.0. The number of hydrogen-bond donors (Lipinski definition) is 1. The Labute approximate surface area is 106 Å². The van der Waals surface area contributed by atoms with E-state index in [0.717, 1.165) is 12.8 Å². The van der Waals surface area contributed by atoms with Gasteiger partial charge in [-0.05, 0) is 19.8 Å². The summed E-state index contributed by atoms with van der Waals surface area (Å²) in [5.74, 6) is 0.449. The molecule has 0 spiro atoms. The first-order valence-corrected chi connectivity index (χ1v) is 7.77. The maximum atomic E-state index is 11.7. The minimum absolute atomic E-state index is 0.239. The lowest BCUT2D eigenvalue weighted by molar-refractivity contribution is 0.247. The molecule has 7 heteroatoms. The van der Waals surface area contributed by atoms with Gasteiger partial charge in [0.2, 0.25) is 10.0 Å². The van der Waals surface area contributed by atoms with Crippen molar-refractivity contribution in [1.82, 2.24) is 14.3 Å². The summed E-state index contributed by atoms with van der Waals surface area (Å²) in [7, 11) is -3.28. The average Bonchev–Trinajstić information content (AvgIpc) is 2.26. The van der Waals surface area contributed by atoms with Crippen LogP contribution in [0.3, 0.4) is 0 Å². The zero-order valence-corrected chi connectivity index (χ0v) is 11.3. The molecule has 1 saturated heterocycles. The quantitative estimate of drug-likeness (QED) is 0.852. The summed E-state index contributed by atoms with van der Waals surface area (Å²) in [5, 5.41) is 0. The maximum absolute atomic E-state index is 11.7. The molecule has 1 unspecified atom stereocenters. The highest BCUT2D eigenvalue weighted by atomic mass is 32.2. The monoisotopic (exact) mass is 271 g/mol. The van der Waals surface area contributed by atoms with E-state index in [2.05, 4.69) is 9.97 Å². The molecule has 100 valence electrons. The summed E-state index contributed by atoms with van der Waals surface area (Å²) >= 11 is 0. The molecule has 1 aromatic rings. The van der Waals surface area contributed by atoms with Crippen LogP contribution < -0.4 is 5.56 Å². The zero-order valence-electron chi connectivity index (χ0n) is 10.5. The van der Waals surface area contributed by atoms with Crippen LogP contribution in [-0.2, 0) is 10.0 Å². The van der Waals surface area contributed by atoms with E-state index in [9.17, 15) is 13.2 Å². The van der Waals surface area contributed by atoms with Crippen molar-refractivity contribution in [3.8, 4) is 0 Å². The van der Waals surface area contributed by atoms with E-state index >= 15 is 0 Å². The van der Waals surface area contributed by atoms with E-state index in [1.807, 2.05) is 0 Å². The molecular formula is C11H17N3O3S. The Morgan fingerprint density at radius 3 is 2.78 bits per heavy atom. The fourth-order valence-electron chi connectivity index (χ4n) is 2.34. The number of hydrogen-bond acceptors (Lipinski definition) is 4. The van der Waals surface area contributed by atoms with E-state index < -0.39 is 10.0 Å². The van der Waals surface area contributed by atoms with Gasteiger partial charge in [0.15, 0.2) is 0 Å². The Hall–Kier alpha value is -1.21. The number of aromatic nitrogens is 2. The molecule has 18 heavy (non-hydrogen) atoms. The molecule has 0 amide bonds. The van der Waals surface area contributed by atoms with Crippen molar-refractivity contribution in [2.75, 3.05) is 12.8 Å². The largest absolute Gasteiger partial charge is 0.309 e. The van der Waals surface area contributed by atoms with E-state index in [-0.39, 0.29) is 11.6 Å². The molecule has 0 radical (unpaired) electrons. The Balaban J connectivity index is 2.43. The van der Waals surface area contributed by atoms with Crippen LogP contribution in [0.2, 0.25) is 0 Å². The summed E-state index contributed by atoms with van der Waals surface area (Å²) < 4.78 is 24.9. The van der Waals surface area contributed by atoms with Crippen LogP contribution in [-0.4, -0.2) is 35.5 Å². The molecule has 2 heterocycles. The van der Waals surface area contributed by atoms with Gasteiger partial charge in [-0.15, -0.1) is 0 Å². The van der Waals surface area contributed by atoms with Gasteiger partial charge < -0.3 is 4.98 Å². The molecule has 1 aliphatic rings. The van der Waals surface area contributed by atoms with E-state index in [4.69, 9.17) is 0 Å². The number of piperidine rings is 1. The summed E-state index contributed by atoms with van der Waals surface area (Å²) in [6, 6.07) is 1.05. The Morgan fingerprint density at radius 1 is 1.44 bits per heavy atom. The van der Waals surface area contributed by atoms with Crippen LogP contribution in [0.5, 0.6) is 0 Å². The van der Waals surface area contributed by atoms with Gasteiger partial charge in [-0.25, -0.2) is 13.4 Å². The Bertz CT molecular complexity index is 594. The molecule has 1 aliphatic heterocycles. The normalized spacial score (nSPS) is 22.0. The molecule has 1 fully saturated rings. The molecule has 0 bridgehead atoms. The van der Waals surface area contributed by atoms with E-state index in [0.29, 0.717) is 24.5 Å². The highest BCUT2D eigenvalue weighted by Crippen LogP contribution is 2.30. The minimum atomic E-state index is -3.28. The van der Waals surface area contributed by atoms with Crippen molar-refractivity contribution in [1.29, 1.82) is 0 Å². The fourth-order valence-corrected chi connectivity index (χ4v) is 3.46. The predicted octanol–water partition coefficient (Wildman–Crippen LogP) is 0.565. The van der Waals surface area contributed by atoms with Crippen LogP contribution in [0.25, 0.3) is 0 Å². The average molecular weight is 271 g/mol. The number of aromatic amines is 1. The van der Waals surface area contributed by atoms with E-state index in [1.165, 1.54) is 16.6 Å². The minimum Gasteiger partial charge on any atom is -0.309 e. The summed E-state index contributed by atoms with van der Waals surface area (Å²) in [6.07, 6.45) is 3.67. The van der Waals surface area contributed by atoms with Gasteiger partial charge in [0, 0.05) is 18.3 Å². The highest BCUT2D eigenvalue weighted by molar-refractivity contribution is 7.88.